The molecule has 0 saturated carbocycles. The van der Waals surface area contributed by atoms with E-state index < -0.39 is 6.03 Å². The monoisotopic (exact) mass is 306 g/mol. The summed E-state index contributed by atoms with van der Waals surface area (Å²) in [5, 5.41) is 5.17. The molecule has 7 nitrogen and oxygen atoms in total. The number of benzene rings is 1. The molecule has 0 radical (unpaired) electrons. The van der Waals surface area contributed by atoms with Gasteiger partial charge in [0.05, 0.1) is 6.54 Å². The van der Waals surface area contributed by atoms with Crippen molar-refractivity contribution in [2.75, 3.05) is 18.4 Å². The van der Waals surface area contributed by atoms with Crippen LogP contribution in [-0.2, 0) is 4.79 Å². The van der Waals surface area contributed by atoms with Crippen molar-refractivity contribution in [3.8, 4) is 0 Å². The maximum absolute atomic E-state index is 12.4. The van der Waals surface area contributed by atoms with Crippen LogP contribution in [0.2, 0.25) is 0 Å². The molecule has 4 amide bonds. The van der Waals surface area contributed by atoms with Crippen molar-refractivity contribution >= 4 is 23.5 Å². The van der Waals surface area contributed by atoms with Gasteiger partial charge in [0.2, 0.25) is 5.91 Å². The van der Waals surface area contributed by atoms with Crippen LogP contribution in [-0.4, -0.2) is 41.9 Å². The van der Waals surface area contributed by atoms with Gasteiger partial charge in [-0.25, -0.2) is 4.79 Å². The number of carbonyl (C=O) groups excluding carboxylic acids is 3. The number of rotatable bonds is 6. The van der Waals surface area contributed by atoms with Crippen molar-refractivity contribution in [1.29, 1.82) is 0 Å². The number of urea groups is 1. The lowest BCUT2D eigenvalue weighted by atomic mass is 10.1. The van der Waals surface area contributed by atoms with Crippen molar-refractivity contribution in [2.24, 2.45) is 5.73 Å². The van der Waals surface area contributed by atoms with Crippen LogP contribution >= 0.6 is 0 Å². The second-order valence-corrected chi connectivity index (χ2v) is 5.11. The Hall–Kier alpha value is -2.57. The lowest BCUT2D eigenvalue weighted by Gasteiger charge is -2.21. The molecule has 22 heavy (non-hydrogen) atoms. The molecule has 1 aromatic rings. The molecule has 120 valence electrons. The summed E-state index contributed by atoms with van der Waals surface area (Å²) >= 11 is 0. The molecule has 0 spiro atoms. The third kappa shape index (κ3) is 5.43. The van der Waals surface area contributed by atoms with Crippen LogP contribution in [0.4, 0.5) is 10.5 Å². The Balaban J connectivity index is 2.74. The molecule has 0 aliphatic rings. The molecule has 1 aromatic carbocycles. The van der Waals surface area contributed by atoms with E-state index in [0.29, 0.717) is 17.8 Å². The Bertz CT molecular complexity index is 540. The van der Waals surface area contributed by atoms with E-state index in [1.165, 1.54) is 4.90 Å². The Morgan fingerprint density at radius 1 is 1.18 bits per heavy atom. The largest absolute Gasteiger partial charge is 0.352 e. The molecule has 7 heteroatoms. The molecule has 0 fully saturated rings. The zero-order valence-corrected chi connectivity index (χ0v) is 13.1. The van der Waals surface area contributed by atoms with Gasteiger partial charge in [0, 0.05) is 23.8 Å². The number of likely N-dealkylation sites (N-methyl/N-ethyl adjacent to an activating group) is 1. The zero-order chi connectivity index (χ0) is 16.7. The third-order valence-corrected chi connectivity index (χ3v) is 2.85. The normalized spacial score (nSPS) is 10.2. The Morgan fingerprint density at radius 3 is 2.23 bits per heavy atom. The molecule has 1 rings (SSSR count). The number of nitrogens with two attached hydrogens (primary N) is 1. The first-order valence-electron chi connectivity index (χ1n) is 7.08. The van der Waals surface area contributed by atoms with E-state index in [2.05, 4.69) is 10.6 Å². The minimum Gasteiger partial charge on any atom is -0.352 e. The molecule has 0 aliphatic carbocycles. The summed E-state index contributed by atoms with van der Waals surface area (Å²) in [6, 6.07) is 5.69. The standard InChI is InChI=1S/C15H22N4O3/c1-4-19(9-13(20)17-10(2)3)14(21)11-5-7-12(8-6-11)18-15(16)22/h5-8,10H,4,9H2,1-3H3,(H,17,20)(H3,16,18,22). The topological polar surface area (TPSA) is 105 Å². The number of anilines is 1. The fourth-order valence-electron chi connectivity index (χ4n) is 1.89. The van der Waals surface area contributed by atoms with E-state index in [9.17, 15) is 14.4 Å². The first-order chi connectivity index (χ1) is 10.3. The van der Waals surface area contributed by atoms with Crippen LogP contribution in [0.5, 0.6) is 0 Å². The Morgan fingerprint density at radius 2 is 1.77 bits per heavy atom. The summed E-state index contributed by atoms with van der Waals surface area (Å²) in [7, 11) is 0. The summed E-state index contributed by atoms with van der Waals surface area (Å²) < 4.78 is 0. The first kappa shape index (κ1) is 17.5. The Labute approximate surface area is 129 Å². The summed E-state index contributed by atoms with van der Waals surface area (Å²) in [5.74, 6) is -0.441. The summed E-state index contributed by atoms with van der Waals surface area (Å²) in [6.45, 7) is 5.96. The van der Waals surface area contributed by atoms with E-state index in [0.717, 1.165) is 0 Å². The van der Waals surface area contributed by atoms with Gasteiger partial charge in [-0.05, 0) is 45.0 Å². The SMILES string of the molecule is CCN(CC(=O)NC(C)C)C(=O)c1ccc(NC(N)=O)cc1. The van der Waals surface area contributed by atoms with E-state index in [4.69, 9.17) is 5.73 Å². The van der Waals surface area contributed by atoms with Gasteiger partial charge in [-0.1, -0.05) is 0 Å². The number of carbonyl (C=O) groups is 3. The number of nitrogens with one attached hydrogen (secondary N) is 2. The van der Waals surface area contributed by atoms with Gasteiger partial charge in [0.15, 0.2) is 0 Å². The molecule has 0 unspecified atom stereocenters. The van der Waals surface area contributed by atoms with Gasteiger partial charge >= 0.3 is 6.03 Å². The highest BCUT2D eigenvalue weighted by Crippen LogP contribution is 2.11. The maximum atomic E-state index is 12.4. The van der Waals surface area contributed by atoms with Gasteiger partial charge in [0.25, 0.3) is 5.91 Å². The smallest absolute Gasteiger partial charge is 0.316 e. The van der Waals surface area contributed by atoms with Crippen LogP contribution < -0.4 is 16.4 Å². The minimum atomic E-state index is -0.667. The lowest BCUT2D eigenvalue weighted by molar-refractivity contribution is -0.122. The van der Waals surface area contributed by atoms with Crippen LogP contribution in [0, 0.1) is 0 Å². The number of primary amides is 1. The quantitative estimate of drug-likeness (QED) is 0.734. The molecule has 0 heterocycles. The van der Waals surface area contributed by atoms with Crippen LogP contribution in [0.15, 0.2) is 24.3 Å². The predicted octanol–water partition coefficient (Wildman–Crippen LogP) is 1.16. The van der Waals surface area contributed by atoms with E-state index >= 15 is 0 Å². The van der Waals surface area contributed by atoms with Crippen LogP contribution in [0.25, 0.3) is 0 Å². The number of hydrogen-bond acceptors (Lipinski definition) is 3. The van der Waals surface area contributed by atoms with Gasteiger partial charge in [0.1, 0.15) is 0 Å². The third-order valence-electron chi connectivity index (χ3n) is 2.85. The molecule has 4 N–H and O–H groups in total. The van der Waals surface area contributed by atoms with Crippen molar-refractivity contribution < 1.29 is 14.4 Å². The second kappa shape index (κ2) is 8.02. The molecule has 0 saturated heterocycles. The van der Waals surface area contributed by atoms with Gasteiger partial charge in [-0.15, -0.1) is 0 Å². The summed E-state index contributed by atoms with van der Waals surface area (Å²) in [6.07, 6.45) is 0. The highest BCUT2D eigenvalue weighted by atomic mass is 16.2. The van der Waals surface area contributed by atoms with Crippen molar-refractivity contribution in [2.45, 2.75) is 26.8 Å². The fraction of sp³-hybridized carbons (Fsp3) is 0.400. The van der Waals surface area contributed by atoms with Crippen LogP contribution in [0.1, 0.15) is 31.1 Å². The van der Waals surface area contributed by atoms with Crippen molar-refractivity contribution in [3.05, 3.63) is 29.8 Å². The second-order valence-electron chi connectivity index (χ2n) is 5.11. The molecule has 0 aliphatic heterocycles. The number of nitrogens with zero attached hydrogens (tertiary/aromatic N) is 1. The Kier molecular flexibility index (Phi) is 6.37. The highest BCUT2D eigenvalue weighted by Gasteiger charge is 2.17. The molecule has 0 atom stereocenters. The van der Waals surface area contributed by atoms with Gasteiger partial charge in [-0.2, -0.15) is 0 Å². The molecule has 0 aromatic heterocycles. The lowest BCUT2D eigenvalue weighted by Crippen LogP contribution is -2.42. The van der Waals surface area contributed by atoms with E-state index in [-0.39, 0.29) is 24.4 Å². The van der Waals surface area contributed by atoms with E-state index in [1.807, 2.05) is 20.8 Å². The van der Waals surface area contributed by atoms with Gasteiger partial charge < -0.3 is 21.3 Å². The predicted molar refractivity (Wildman–Crippen MR) is 84.5 cm³/mol. The minimum absolute atomic E-state index is 0.00873. The highest BCUT2D eigenvalue weighted by molar-refractivity contribution is 5.97. The fourth-order valence-corrected chi connectivity index (χ4v) is 1.89. The summed E-state index contributed by atoms with van der Waals surface area (Å²) in [5.41, 5.74) is 5.96. The number of hydrogen-bond donors (Lipinski definition) is 3. The molecular formula is C15H22N4O3. The zero-order valence-electron chi connectivity index (χ0n) is 13.1. The first-order valence-corrected chi connectivity index (χ1v) is 7.08. The average Bonchev–Trinajstić information content (AvgIpc) is 2.43. The van der Waals surface area contributed by atoms with E-state index in [1.54, 1.807) is 24.3 Å². The van der Waals surface area contributed by atoms with Crippen molar-refractivity contribution in [3.63, 3.8) is 0 Å². The molecular weight excluding hydrogens is 284 g/mol. The van der Waals surface area contributed by atoms with Gasteiger partial charge in [-0.3, -0.25) is 9.59 Å². The van der Waals surface area contributed by atoms with Crippen LogP contribution in [0.3, 0.4) is 0 Å². The number of amides is 4. The maximum Gasteiger partial charge on any atom is 0.316 e. The summed E-state index contributed by atoms with van der Waals surface area (Å²) in [4.78, 5) is 36.3. The van der Waals surface area contributed by atoms with Crippen molar-refractivity contribution in [1.82, 2.24) is 10.2 Å². The molecule has 0 bridgehead atoms. The average molecular weight is 306 g/mol.